The van der Waals surface area contributed by atoms with E-state index in [4.69, 9.17) is 4.74 Å². The number of hydrogen-bond donors (Lipinski definition) is 1. The van der Waals surface area contributed by atoms with Crippen molar-refractivity contribution in [2.24, 2.45) is 7.05 Å². The summed E-state index contributed by atoms with van der Waals surface area (Å²) in [5, 5.41) is 6.72. The van der Waals surface area contributed by atoms with Gasteiger partial charge in [0.05, 0.1) is 12.8 Å². The first-order valence-electron chi connectivity index (χ1n) is 7.14. The number of carbonyl (C=O) groups is 2. The second kappa shape index (κ2) is 7.40. The average Bonchev–Trinajstić information content (AvgIpc) is 2.88. The third-order valence-corrected chi connectivity index (χ3v) is 3.18. The van der Waals surface area contributed by atoms with Crippen LogP contribution in [0.25, 0.3) is 0 Å². The summed E-state index contributed by atoms with van der Waals surface area (Å²) in [6.07, 6.45) is 2.36. The Morgan fingerprint density at radius 2 is 2.00 bits per heavy atom. The lowest BCUT2D eigenvalue weighted by Crippen LogP contribution is -2.17. The van der Waals surface area contributed by atoms with E-state index >= 15 is 0 Å². The number of esters is 1. The number of nitrogens with one attached hydrogen (secondary N) is 1. The number of anilines is 1. The molecule has 2 rings (SSSR count). The number of amides is 1. The Morgan fingerprint density at radius 1 is 1.27 bits per heavy atom. The van der Waals surface area contributed by atoms with Crippen LogP contribution in [0.1, 0.15) is 29.3 Å². The predicted octanol–water partition coefficient (Wildman–Crippen LogP) is 2.17. The summed E-state index contributed by atoms with van der Waals surface area (Å²) < 4.78 is 6.40. The minimum atomic E-state index is -0.492. The van der Waals surface area contributed by atoms with Crippen LogP contribution in [0.3, 0.4) is 0 Å². The Kier molecular flexibility index (Phi) is 5.30. The molecule has 1 amide bonds. The molecule has 0 saturated heterocycles. The maximum atomic E-state index is 12.1. The van der Waals surface area contributed by atoms with Crippen LogP contribution in [-0.4, -0.2) is 28.3 Å². The van der Waals surface area contributed by atoms with Gasteiger partial charge >= 0.3 is 5.97 Å². The van der Waals surface area contributed by atoms with Crippen LogP contribution >= 0.6 is 0 Å². The lowest BCUT2D eigenvalue weighted by molar-refractivity contribution is -0.116. The first kappa shape index (κ1) is 15.8. The number of carbonyl (C=O) groups excluding carboxylic acids is 2. The summed E-state index contributed by atoms with van der Waals surface area (Å²) >= 11 is 0. The third-order valence-electron chi connectivity index (χ3n) is 3.18. The first-order chi connectivity index (χ1) is 10.6. The molecule has 1 heterocycles. The topological polar surface area (TPSA) is 73.2 Å². The van der Waals surface area contributed by atoms with E-state index in [-0.39, 0.29) is 18.1 Å². The van der Waals surface area contributed by atoms with Gasteiger partial charge in [-0.25, -0.2) is 4.79 Å². The van der Waals surface area contributed by atoms with Crippen molar-refractivity contribution in [3.05, 3.63) is 47.7 Å². The number of ether oxygens (including phenoxy) is 1. The highest BCUT2D eigenvalue weighted by molar-refractivity contribution is 6.00. The van der Waals surface area contributed by atoms with Crippen LogP contribution in [-0.2, 0) is 23.0 Å². The van der Waals surface area contributed by atoms with Crippen molar-refractivity contribution in [3.8, 4) is 0 Å². The first-order valence-corrected chi connectivity index (χ1v) is 7.14. The Bertz CT molecular complexity index is 650. The van der Waals surface area contributed by atoms with Crippen LogP contribution in [0, 0.1) is 0 Å². The van der Waals surface area contributed by atoms with E-state index in [0.29, 0.717) is 18.7 Å². The van der Waals surface area contributed by atoms with Crippen LogP contribution < -0.4 is 5.32 Å². The molecule has 0 spiro atoms. The minimum Gasteiger partial charge on any atom is -0.462 e. The largest absolute Gasteiger partial charge is 0.462 e. The molecule has 0 bridgehead atoms. The van der Waals surface area contributed by atoms with E-state index in [9.17, 15) is 9.59 Å². The Hall–Kier alpha value is -2.63. The lowest BCUT2D eigenvalue weighted by atomic mass is 10.1. The molecule has 6 nitrogen and oxygen atoms in total. The highest BCUT2D eigenvalue weighted by atomic mass is 16.5. The molecule has 0 unspecified atom stereocenters. The zero-order chi connectivity index (χ0) is 15.9. The molecule has 1 aromatic carbocycles. The van der Waals surface area contributed by atoms with E-state index < -0.39 is 5.97 Å². The second-order valence-corrected chi connectivity index (χ2v) is 4.78. The highest BCUT2D eigenvalue weighted by Gasteiger charge is 2.18. The van der Waals surface area contributed by atoms with Gasteiger partial charge in [-0.1, -0.05) is 30.3 Å². The van der Waals surface area contributed by atoms with Crippen molar-refractivity contribution < 1.29 is 14.3 Å². The fraction of sp³-hybridized carbons (Fsp3) is 0.312. The van der Waals surface area contributed by atoms with Crippen molar-refractivity contribution in [3.63, 3.8) is 0 Å². The number of aryl methyl sites for hydroxylation is 2. The smallest absolute Gasteiger partial charge is 0.343 e. The maximum Gasteiger partial charge on any atom is 0.343 e. The minimum absolute atomic E-state index is 0.169. The molecule has 116 valence electrons. The highest BCUT2D eigenvalue weighted by Crippen LogP contribution is 2.16. The Labute approximate surface area is 129 Å². The number of benzene rings is 1. The number of rotatable bonds is 6. The van der Waals surface area contributed by atoms with Gasteiger partial charge in [0.15, 0.2) is 0 Å². The maximum absolute atomic E-state index is 12.1. The van der Waals surface area contributed by atoms with Gasteiger partial charge in [-0.2, -0.15) is 5.10 Å². The third kappa shape index (κ3) is 3.94. The number of hydrogen-bond acceptors (Lipinski definition) is 4. The molecule has 22 heavy (non-hydrogen) atoms. The molecule has 0 fully saturated rings. The van der Waals surface area contributed by atoms with E-state index in [1.165, 1.54) is 10.9 Å². The molecule has 0 aliphatic heterocycles. The van der Waals surface area contributed by atoms with Crippen LogP contribution in [0.2, 0.25) is 0 Å². The summed E-state index contributed by atoms with van der Waals surface area (Å²) in [5.74, 6) is -0.302. The molecule has 0 aliphatic carbocycles. The van der Waals surface area contributed by atoms with Crippen molar-refractivity contribution in [1.82, 2.24) is 9.78 Å². The summed E-state index contributed by atoms with van der Waals surface area (Å²) in [4.78, 5) is 23.9. The number of aromatic nitrogens is 2. The predicted molar refractivity (Wildman–Crippen MR) is 82.6 cm³/mol. The van der Waals surface area contributed by atoms with Gasteiger partial charge in [0, 0.05) is 13.5 Å². The Morgan fingerprint density at radius 3 is 2.68 bits per heavy atom. The van der Waals surface area contributed by atoms with E-state index in [1.807, 2.05) is 30.3 Å². The van der Waals surface area contributed by atoms with Gasteiger partial charge in [0.2, 0.25) is 5.91 Å². The Balaban J connectivity index is 1.99. The monoisotopic (exact) mass is 301 g/mol. The molecule has 0 atom stereocenters. The average molecular weight is 301 g/mol. The van der Waals surface area contributed by atoms with Crippen LogP contribution in [0.4, 0.5) is 5.82 Å². The molecule has 0 aliphatic rings. The van der Waals surface area contributed by atoms with E-state index in [2.05, 4.69) is 10.4 Å². The molecular weight excluding hydrogens is 282 g/mol. The van der Waals surface area contributed by atoms with Crippen LogP contribution in [0.5, 0.6) is 0 Å². The molecule has 0 saturated carbocycles. The molecule has 6 heteroatoms. The molecule has 1 aromatic heterocycles. The van der Waals surface area contributed by atoms with Gasteiger partial charge in [0.25, 0.3) is 0 Å². The summed E-state index contributed by atoms with van der Waals surface area (Å²) in [5.41, 5.74) is 1.35. The summed E-state index contributed by atoms with van der Waals surface area (Å²) in [7, 11) is 1.66. The zero-order valence-electron chi connectivity index (χ0n) is 12.7. The van der Waals surface area contributed by atoms with Crippen molar-refractivity contribution in [2.45, 2.75) is 19.8 Å². The van der Waals surface area contributed by atoms with Gasteiger partial charge in [0.1, 0.15) is 11.4 Å². The van der Waals surface area contributed by atoms with E-state index in [0.717, 1.165) is 5.56 Å². The van der Waals surface area contributed by atoms with Gasteiger partial charge in [-0.15, -0.1) is 0 Å². The molecule has 1 N–H and O–H groups in total. The van der Waals surface area contributed by atoms with Crippen molar-refractivity contribution in [2.75, 3.05) is 11.9 Å². The molecular formula is C16H19N3O3. The number of nitrogens with zero attached hydrogens (tertiary/aromatic N) is 2. The van der Waals surface area contributed by atoms with Crippen LogP contribution in [0.15, 0.2) is 36.5 Å². The van der Waals surface area contributed by atoms with Gasteiger partial charge < -0.3 is 10.1 Å². The fourth-order valence-electron chi connectivity index (χ4n) is 2.04. The summed E-state index contributed by atoms with van der Waals surface area (Å²) in [6.45, 7) is 2.00. The summed E-state index contributed by atoms with van der Waals surface area (Å²) in [6, 6.07) is 9.76. The van der Waals surface area contributed by atoms with E-state index in [1.54, 1.807) is 14.0 Å². The van der Waals surface area contributed by atoms with Gasteiger partial charge in [-0.05, 0) is 18.9 Å². The second-order valence-electron chi connectivity index (χ2n) is 4.78. The van der Waals surface area contributed by atoms with Crippen molar-refractivity contribution >= 4 is 17.7 Å². The quantitative estimate of drug-likeness (QED) is 0.830. The molecule has 2 aromatic rings. The van der Waals surface area contributed by atoms with Gasteiger partial charge in [-0.3, -0.25) is 9.48 Å². The standard InChI is InChI=1S/C16H19N3O3/c1-3-22-16(21)13-11-17-19(2)15(13)18-14(20)10-9-12-7-5-4-6-8-12/h4-8,11H,3,9-10H2,1-2H3,(H,18,20). The van der Waals surface area contributed by atoms with Crippen molar-refractivity contribution in [1.29, 1.82) is 0 Å². The normalized spacial score (nSPS) is 10.3. The SMILES string of the molecule is CCOC(=O)c1cnn(C)c1NC(=O)CCc1ccccc1. The fourth-order valence-corrected chi connectivity index (χ4v) is 2.04. The molecule has 0 radical (unpaired) electrons. The zero-order valence-corrected chi connectivity index (χ0v) is 12.7. The lowest BCUT2D eigenvalue weighted by Gasteiger charge is -2.08.